The lowest BCUT2D eigenvalue weighted by molar-refractivity contribution is -0.137. The number of carboxylic acid groups (broad SMARTS) is 1. The fourth-order valence-electron chi connectivity index (χ4n) is 3.37. The fraction of sp³-hybridized carbons (Fsp3) is 0.200. The van der Waals surface area contributed by atoms with E-state index in [0.717, 1.165) is 34.5 Å². The zero-order valence-corrected chi connectivity index (χ0v) is 17.1. The molecule has 158 valence electrons. The fourth-order valence-corrected chi connectivity index (χ4v) is 3.37. The molecular formula is C25H24N2O4. The van der Waals surface area contributed by atoms with Crippen LogP contribution in [-0.4, -0.2) is 29.2 Å². The summed E-state index contributed by atoms with van der Waals surface area (Å²) in [5.41, 5.74) is 3.65. The Balaban J connectivity index is 1.40. The zero-order chi connectivity index (χ0) is 21.5. The number of fused-ring (bicyclic) bond motifs is 1. The molecule has 6 nitrogen and oxygen atoms in total. The smallest absolute Gasteiger partial charge is 0.303 e. The number of hydrogen-bond donors (Lipinski definition) is 1. The molecule has 4 aromatic rings. The Morgan fingerprint density at radius 3 is 2.45 bits per heavy atom. The summed E-state index contributed by atoms with van der Waals surface area (Å²) >= 11 is 0. The third-order valence-electron chi connectivity index (χ3n) is 4.94. The summed E-state index contributed by atoms with van der Waals surface area (Å²) in [7, 11) is 0. The number of benzene rings is 3. The number of anilines is 2. The third kappa shape index (κ3) is 5.42. The molecule has 6 heteroatoms. The molecule has 0 fully saturated rings. The van der Waals surface area contributed by atoms with Gasteiger partial charge in [-0.15, -0.1) is 0 Å². The Morgan fingerprint density at radius 1 is 0.968 bits per heavy atom. The predicted octanol–water partition coefficient (Wildman–Crippen LogP) is 5.45. The van der Waals surface area contributed by atoms with Crippen molar-refractivity contribution in [2.24, 2.45) is 0 Å². The van der Waals surface area contributed by atoms with E-state index >= 15 is 0 Å². The van der Waals surface area contributed by atoms with Crippen LogP contribution in [-0.2, 0) is 11.2 Å². The number of aromatic nitrogens is 1. The topological polar surface area (TPSA) is 75.8 Å². The normalized spacial score (nSPS) is 10.8. The summed E-state index contributed by atoms with van der Waals surface area (Å²) < 4.78 is 11.9. The molecule has 0 aliphatic carbocycles. The molecule has 0 radical (unpaired) electrons. The molecule has 0 amide bonds. The summed E-state index contributed by atoms with van der Waals surface area (Å²) in [5, 5.41) is 8.75. The Labute approximate surface area is 180 Å². The first-order chi connectivity index (χ1) is 15.2. The number of rotatable bonds is 10. The summed E-state index contributed by atoms with van der Waals surface area (Å²) in [6.07, 6.45) is 1.56. The van der Waals surface area contributed by atoms with E-state index in [1.54, 1.807) is 0 Å². The molecule has 0 unspecified atom stereocenters. The van der Waals surface area contributed by atoms with Crippen LogP contribution in [0.5, 0.6) is 5.75 Å². The summed E-state index contributed by atoms with van der Waals surface area (Å²) in [6.45, 7) is 1.02. The Hall–Kier alpha value is -3.80. The van der Waals surface area contributed by atoms with Crippen molar-refractivity contribution in [3.63, 3.8) is 0 Å². The van der Waals surface area contributed by atoms with E-state index in [1.165, 1.54) is 0 Å². The van der Waals surface area contributed by atoms with Crippen molar-refractivity contribution in [3.8, 4) is 5.75 Å². The van der Waals surface area contributed by atoms with Crippen molar-refractivity contribution in [1.82, 2.24) is 4.98 Å². The van der Waals surface area contributed by atoms with Crippen LogP contribution >= 0.6 is 0 Å². The van der Waals surface area contributed by atoms with Crippen LogP contribution in [0.3, 0.4) is 0 Å². The van der Waals surface area contributed by atoms with E-state index in [2.05, 4.69) is 4.98 Å². The molecule has 3 aromatic carbocycles. The van der Waals surface area contributed by atoms with Crippen molar-refractivity contribution in [3.05, 3.63) is 84.4 Å². The molecule has 1 aromatic heterocycles. The maximum absolute atomic E-state index is 10.6. The molecule has 4 rings (SSSR count). The van der Waals surface area contributed by atoms with Gasteiger partial charge in [-0.05, 0) is 54.8 Å². The van der Waals surface area contributed by atoms with Crippen molar-refractivity contribution in [2.75, 3.05) is 18.1 Å². The summed E-state index contributed by atoms with van der Waals surface area (Å²) in [5.74, 6) is 0.00873. The number of hydrogen-bond acceptors (Lipinski definition) is 5. The molecule has 31 heavy (non-hydrogen) atoms. The van der Waals surface area contributed by atoms with Gasteiger partial charge in [-0.1, -0.05) is 42.5 Å². The highest BCUT2D eigenvalue weighted by molar-refractivity contribution is 5.75. The lowest BCUT2D eigenvalue weighted by Crippen LogP contribution is -2.23. The van der Waals surface area contributed by atoms with Crippen LogP contribution in [0.4, 0.5) is 11.7 Å². The van der Waals surface area contributed by atoms with E-state index < -0.39 is 5.97 Å². The minimum Gasteiger partial charge on any atom is -0.492 e. The highest BCUT2D eigenvalue weighted by Gasteiger charge is 2.16. The second kappa shape index (κ2) is 9.80. The van der Waals surface area contributed by atoms with Gasteiger partial charge in [0, 0.05) is 12.1 Å². The number of aliphatic carboxylic acids is 1. The average Bonchev–Trinajstić information content (AvgIpc) is 3.22. The summed E-state index contributed by atoms with van der Waals surface area (Å²) in [6, 6.07) is 26.0. The predicted molar refractivity (Wildman–Crippen MR) is 120 cm³/mol. The number of aryl methyl sites for hydroxylation is 1. The molecule has 0 aliphatic rings. The van der Waals surface area contributed by atoms with Crippen LogP contribution in [0.2, 0.25) is 0 Å². The van der Waals surface area contributed by atoms with E-state index in [-0.39, 0.29) is 6.42 Å². The minimum atomic E-state index is -0.762. The maximum Gasteiger partial charge on any atom is 0.303 e. The quantitative estimate of drug-likeness (QED) is 0.370. The maximum atomic E-state index is 10.6. The largest absolute Gasteiger partial charge is 0.492 e. The Bertz CT molecular complexity index is 1090. The monoisotopic (exact) mass is 416 g/mol. The van der Waals surface area contributed by atoms with Crippen LogP contribution in [0.15, 0.2) is 83.3 Å². The van der Waals surface area contributed by atoms with Gasteiger partial charge in [0.05, 0.1) is 6.54 Å². The number of oxazole rings is 1. The second-order valence-corrected chi connectivity index (χ2v) is 7.19. The minimum absolute atomic E-state index is 0.184. The van der Waals surface area contributed by atoms with Crippen molar-refractivity contribution < 1.29 is 19.1 Å². The lowest BCUT2D eigenvalue weighted by Gasteiger charge is -2.20. The van der Waals surface area contributed by atoms with Gasteiger partial charge in [-0.25, -0.2) is 0 Å². The molecule has 0 spiro atoms. The van der Waals surface area contributed by atoms with Gasteiger partial charge >= 0.3 is 12.0 Å². The van der Waals surface area contributed by atoms with Gasteiger partial charge in [0.25, 0.3) is 0 Å². The molecule has 0 aliphatic heterocycles. The highest BCUT2D eigenvalue weighted by atomic mass is 16.5. The third-order valence-corrected chi connectivity index (χ3v) is 4.94. The molecule has 0 atom stereocenters. The Morgan fingerprint density at radius 2 is 1.71 bits per heavy atom. The van der Waals surface area contributed by atoms with Gasteiger partial charge in [-0.3, -0.25) is 9.69 Å². The Kier molecular flexibility index (Phi) is 6.47. The van der Waals surface area contributed by atoms with Crippen molar-refractivity contribution >= 4 is 28.8 Å². The van der Waals surface area contributed by atoms with Gasteiger partial charge in [0.2, 0.25) is 0 Å². The first-order valence-corrected chi connectivity index (χ1v) is 10.3. The SMILES string of the molecule is O=C(O)CCCc1ccc(OCCN(c2ccccc2)c2nc3ccccc3o2)cc1. The number of carbonyl (C=O) groups is 1. The number of para-hydroxylation sites is 3. The highest BCUT2D eigenvalue weighted by Crippen LogP contribution is 2.28. The van der Waals surface area contributed by atoms with Crippen molar-refractivity contribution in [1.29, 1.82) is 0 Å². The van der Waals surface area contributed by atoms with Gasteiger partial charge < -0.3 is 14.3 Å². The van der Waals surface area contributed by atoms with Crippen LogP contribution < -0.4 is 9.64 Å². The van der Waals surface area contributed by atoms with Crippen LogP contribution in [0.25, 0.3) is 11.1 Å². The van der Waals surface area contributed by atoms with Crippen LogP contribution in [0, 0.1) is 0 Å². The van der Waals surface area contributed by atoms with Crippen LogP contribution in [0.1, 0.15) is 18.4 Å². The molecule has 0 saturated carbocycles. The zero-order valence-electron chi connectivity index (χ0n) is 17.1. The van der Waals surface area contributed by atoms with E-state index in [4.69, 9.17) is 14.3 Å². The van der Waals surface area contributed by atoms with E-state index in [0.29, 0.717) is 25.6 Å². The molecule has 1 heterocycles. The standard InChI is InChI=1S/C25H24N2O4/c28-24(29)12-6-7-19-13-15-21(16-14-19)30-18-17-27(20-8-2-1-3-9-20)25-26-22-10-4-5-11-23(22)31-25/h1-5,8-11,13-16H,6-7,12,17-18H2,(H,28,29). The average molecular weight is 416 g/mol. The van der Waals surface area contributed by atoms with Gasteiger partial charge in [0.1, 0.15) is 17.9 Å². The van der Waals surface area contributed by atoms with Gasteiger partial charge in [0.15, 0.2) is 5.58 Å². The number of ether oxygens (including phenoxy) is 1. The second-order valence-electron chi connectivity index (χ2n) is 7.19. The molecule has 0 saturated heterocycles. The van der Waals surface area contributed by atoms with Gasteiger partial charge in [-0.2, -0.15) is 4.98 Å². The van der Waals surface area contributed by atoms with Crippen molar-refractivity contribution in [2.45, 2.75) is 19.3 Å². The van der Waals surface area contributed by atoms with E-state index in [9.17, 15) is 4.79 Å². The molecule has 1 N–H and O–H groups in total. The molecular weight excluding hydrogens is 392 g/mol. The number of carboxylic acids is 1. The first-order valence-electron chi connectivity index (χ1n) is 10.3. The molecule has 0 bridgehead atoms. The first kappa shape index (κ1) is 20.5. The summed E-state index contributed by atoms with van der Waals surface area (Å²) in [4.78, 5) is 17.3. The lowest BCUT2D eigenvalue weighted by atomic mass is 10.1. The van der Waals surface area contributed by atoms with E-state index in [1.807, 2.05) is 83.8 Å². The number of nitrogens with zero attached hydrogens (tertiary/aromatic N) is 2.